The molecule has 2 aromatic carbocycles. The van der Waals surface area contributed by atoms with Crippen LogP contribution in [0.4, 0.5) is 0 Å². The van der Waals surface area contributed by atoms with Crippen molar-refractivity contribution in [2.75, 3.05) is 20.2 Å². The molecule has 5 nitrogen and oxygen atoms in total. The van der Waals surface area contributed by atoms with Gasteiger partial charge in [0.25, 0.3) is 0 Å². The zero-order valence-corrected chi connectivity index (χ0v) is 15.2. The lowest BCUT2D eigenvalue weighted by Gasteiger charge is -2.29. The van der Waals surface area contributed by atoms with E-state index in [0.29, 0.717) is 19.0 Å². The minimum Gasteiger partial charge on any atom is -0.496 e. The lowest BCUT2D eigenvalue weighted by atomic mass is 10.0. The monoisotopic (exact) mass is 352 g/mol. The number of piperidine rings is 1. The van der Waals surface area contributed by atoms with E-state index in [9.17, 15) is 5.11 Å². The minimum absolute atomic E-state index is 0.235. The van der Waals surface area contributed by atoms with Gasteiger partial charge in [-0.2, -0.15) is 0 Å². The number of β-amino-alcohol motifs (C(OH)–C–C–N with tert-alkyl or cyclic N) is 1. The largest absolute Gasteiger partial charge is 0.496 e. The van der Waals surface area contributed by atoms with Gasteiger partial charge in [0.2, 0.25) is 5.89 Å². The number of aliphatic hydroxyl groups excluding tert-OH is 1. The molecule has 1 atom stereocenters. The van der Waals surface area contributed by atoms with Crippen molar-refractivity contribution in [3.05, 3.63) is 47.9 Å². The molecule has 2 heterocycles. The van der Waals surface area contributed by atoms with E-state index >= 15 is 0 Å². The standard InChI is InChI=1S/C21H24N2O3/c1-14-19(13-23-11-5-6-15(24)12-23)22-21(26-14)18-9-10-20(25-2)17-8-4-3-7-16(17)18/h3-4,7-10,15,24H,5-6,11-13H2,1-2H3/t15-/m1/s1. The molecule has 1 fully saturated rings. The number of hydrogen-bond donors (Lipinski definition) is 1. The van der Waals surface area contributed by atoms with E-state index in [1.165, 1.54) is 0 Å². The van der Waals surface area contributed by atoms with Gasteiger partial charge in [0.1, 0.15) is 11.5 Å². The zero-order chi connectivity index (χ0) is 18.1. The highest BCUT2D eigenvalue weighted by Crippen LogP contribution is 2.34. The van der Waals surface area contributed by atoms with Gasteiger partial charge in [-0.25, -0.2) is 4.98 Å². The molecular weight excluding hydrogens is 328 g/mol. The van der Waals surface area contributed by atoms with Crippen molar-refractivity contribution in [1.82, 2.24) is 9.88 Å². The highest BCUT2D eigenvalue weighted by atomic mass is 16.5. The maximum atomic E-state index is 9.88. The van der Waals surface area contributed by atoms with Crippen molar-refractivity contribution in [1.29, 1.82) is 0 Å². The molecule has 4 rings (SSSR count). The van der Waals surface area contributed by atoms with E-state index < -0.39 is 0 Å². The summed E-state index contributed by atoms with van der Waals surface area (Å²) in [4.78, 5) is 7.02. The lowest BCUT2D eigenvalue weighted by molar-refractivity contribution is 0.0660. The van der Waals surface area contributed by atoms with Crippen molar-refractivity contribution < 1.29 is 14.3 Å². The molecule has 1 aliphatic heterocycles. The molecule has 5 heteroatoms. The van der Waals surface area contributed by atoms with Gasteiger partial charge >= 0.3 is 0 Å². The number of oxazole rings is 1. The van der Waals surface area contributed by atoms with Crippen molar-refractivity contribution in [2.45, 2.75) is 32.4 Å². The Hall–Kier alpha value is -2.37. The first-order valence-corrected chi connectivity index (χ1v) is 9.08. The van der Waals surface area contributed by atoms with Crippen LogP contribution in [0.1, 0.15) is 24.3 Å². The summed E-state index contributed by atoms with van der Waals surface area (Å²) in [6.07, 6.45) is 1.67. The van der Waals surface area contributed by atoms with E-state index in [2.05, 4.69) is 11.0 Å². The summed E-state index contributed by atoms with van der Waals surface area (Å²) in [6.45, 7) is 4.36. The van der Waals surface area contributed by atoms with Crippen molar-refractivity contribution in [3.8, 4) is 17.2 Å². The fraction of sp³-hybridized carbons (Fsp3) is 0.381. The van der Waals surface area contributed by atoms with Crippen LogP contribution in [0.3, 0.4) is 0 Å². The summed E-state index contributed by atoms with van der Waals surface area (Å²) in [7, 11) is 1.68. The second-order valence-corrected chi connectivity index (χ2v) is 6.91. The predicted octanol–water partition coefficient (Wildman–Crippen LogP) is 3.77. The molecule has 0 saturated carbocycles. The van der Waals surface area contributed by atoms with E-state index in [0.717, 1.165) is 52.9 Å². The summed E-state index contributed by atoms with van der Waals surface area (Å²) >= 11 is 0. The average molecular weight is 352 g/mol. The Bertz CT molecular complexity index is 919. The van der Waals surface area contributed by atoms with Crippen LogP contribution in [-0.2, 0) is 6.54 Å². The van der Waals surface area contributed by atoms with Crippen molar-refractivity contribution >= 4 is 10.8 Å². The molecule has 1 N–H and O–H groups in total. The number of rotatable bonds is 4. The summed E-state index contributed by atoms with van der Waals surface area (Å²) < 4.78 is 11.5. The normalized spacial score (nSPS) is 18.3. The molecule has 0 spiro atoms. The van der Waals surface area contributed by atoms with Gasteiger partial charge in [-0.05, 0) is 43.8 Å². The molecule has 3 aromatic rings. The van der Waals surface area contributed by atoms with Crippen LogP contribution in [-0.4, -0.2) is 41.3 Å². The smallest absolute Gasteiger partial charge is 0.227 e. The number of likely N-dealkylation sites (tertiary alicyclic amines) is 1. The number of aliphatic hydroxyl groups is 1. The molecule has 0 aliphatic carbocycles. The number of hydrogen-bond acceptors (Lipinski definition) is 5. The zero-order valence-electron chi connectivity index (χ0n) is 15.2. The van der Waals surface area contributed by atoms with Gasteiger partial charge in [-0.1, -0.05) is 24.3 Å². The molecule has 0 bridgehead atoms. The second-order valence-electron chi connectivity index (χ2n) is 6.91. The Morgan fingerprint density at radius 1 is 1.23 bits per heavy atom. The Kier molecular flexibility index (Phi) is 4.66. The van der Waals surface area contributed by atoms with Crippen LogP contribution < -0.4 is 4.74 Å². The molecule has 1 aromatic heterocycles. The lowest BCUT2D eigenvalue weighted by Crippen LogP contribution is -2.37. The summed E-state index contributed by atoms with van der Waals surface area (Å²) in [5, 5.41) is 12.0. The Morgan fingerprint density at radius 2 is 2.04 bits per heavy atom. The summed E-state index contributed by atoms with van der Waals surface area (Å²) in [6, 6.07) is 12.1. The fourth-order valence-electron chi connectivity index (χ4n) is 3.71. The van der Waals surface area contributed by atoms with Gasteiger partial charge in [0.15, 0.2) is 0 Å². The maximum absolute atomic E-state index is 9.88. The number of aryl methyl sites for hydroxylation is 1. The summed E-state index contributed by atoms with van der Waals surface area (Å²) in [5.41, 5.74) is 1.91. The third kappa shape index (κ3) is 3.20. The number of benzene rings is 2. The average Bonchev–Trinajstić information content (AvgIpc) is 3.01. The molecule has 1 saturated heterocycles. The molecule has 0 amide bonds. The fourth-order valence-corrected chi connectivity index (χ4v) is 3.71. The molecular formula is C21H24N2O3. The molecule has 26 heavy (non-hydrogen) atoms. The minimum atomic E-state index is -0.235. The van der Waals surface area contributed by atoms with Crippen molar-refractivity contribution in [2.24, 2.45) is 0 Å². The van der Waals surface area contributed by atoms with Crippen LogP contribution in [0.15, 0.2) is 40.8 Å². The van der Waals surface area contributed by atoms with Gasteiger partial charge in [-0.15, -0.1) is 0 Å². The van der Waals surface area contributed by atoms with Gasteiger partial charge in [0, 0.05) is 24.0 Å². The van der Waals surface area contributed by atoms with Crippen LogP contribution >= 0.6 is 0 Å². The molecule has 136 valence electrons. The van der Waals surface area contributed by atoms with Crippen LogP contribution in [0.25, 0.3) is 22.2 Å². The Morgan fingerprint density at radius 3 is 2.81 bits per heavy atom. The first kappa shape index (κ1) is 17.1. The van der Waals surface area contributed by atoms with Gasteiger partial charge in [-0.3, -0.25) is 4.90 Å². The van der Waals surface area contributed by atoms with Crippen LogP contribution in [0.2, 0.25) is 0 Å². The highest BCUT2D eigenvalue weighted by molar-refractivity contribution is 5.98. The van der Waals surface area contributed by atoms with Gasteiger partial charge in [0.05, 0.1) is 18.9 Å². The Balaban J connectivity index is 1.68. The topological polar surface area (TPSA) is 58.7 Å². The quantitative estimate of drug-likeness (QED) is 0.774. The highest BCUT2D eigenvalue weighted by Gasteiger charge is 2.21. The number of fused-ring (bicyclic) bond motifs is 1. The van der Waals surface area contributed by atoms with Crippen molar-refractivity contribution in [3.63, 3.8) is 0 Å². The second kappa shape index (κ2) is 7.09. The molecule has 1 aliphatic rings. The summed E-state index contributed by atoms with van der Waals surface area (Å²) in [5.74, 6) is 2.31. The number of nitrogens with zero attached hydrogens (tertiary/aromatic N) is 2. The van der Waals surface area contributed by atoms with E-state index in [4.69, 9.17) is 14.1 Å². The number of ether oxygens (including phenoxy) is 1. The predicted molar refractivity (Wildman–Crippen MR) is 101 cm³/mol. The first-order valence-electron chi connectivity index (χ1n) is 9.08. The number of aromatic nitrogens is 1. The van der Waals surface area contributed by atoms with Crippen LogP contribution in [0.5, 0.6) is 5.75 Å². The third-order valence-electron chi connectivity index (χ3n) is 5.08. The molecule has 0 radical (unpaired) electrons. The van der Waals surface area contributed by atoms with E-state index in [-0.39, 0.29) is 6.10 Å². The maximum Gasteiger partial charge on any atom is 0.227 e. The SMILES string of the molecule is COc1ccc(-c2nc(CN3CCC[C@@H](O)C3)c(C)o2)c2ccccc12. The van der Waals surface area contributed by atoms with E-state index in [1.807, 2.05) is 37.3 Å². The van der Waals surface area contributed by atoms with Crippen LogP contribution in [0, 0.1) is 6.92 Å². The van der Waals surface area contributed by atoms with Gasteiger partial charge < -0.3 is 14.3 Å². The first-order chi connectivity index (χ1) is 12.7. The van der Waals surface area contributed by atoms with E-state index in [1.54, 1.807) is 7.11 Å². The molecule has 0 unspecified atom stereocenters. The number of methoxy groups -OCH3 is 1. The Labute approximate surface area is 153 Å². The third-order valence-corrected chi connectivity index (χ3v) is 5.08.